The summed E-state index contributed by atoms with van der Waals surface area (Å²) in [5.41, 5.74) is 2.08. The normalized spacial score (nSPS) is 10.4. The molecule has 2 rings (SSSR count). The number of aromatic nitrogens is 1. The number of nitrogens with zero attached hydrogens (tertiary/aromatic N) is 2. The Morgan fingerprint density at radius 3 is 2.71 bits per heavy atom. The summed E-state index contributed by atoms with van der Waals surface area (Å²) in [5, 5.41) is 10.8. The summed E-state index contributed by atoms with van der Waals surface area (Å²) in [7, 11) is 0. The standard InChI is InChI=1S/C15H15ClN2O3/c1-2-11-3-4-12(17-10-11)7-8-21-15-6-5-13(18(19)20)9-14(15)16/h3-6,9-10H,2,7-8H2,1H3. The monoisotopic (exact) mass is 306 g/mol. The Balaban J connectivity index is 1.92. The summed E-state index contributed by atoms with van der Waals surface area (Å²) in [6.07, 6.45) is 3.47. The first kappa shape index (κ1) is 15.3. The van der Waals surface area contributed by atoms with Crippen molar-refractivity contribution >= 4 is 17.3 Å². The lowest BCUT2D eigenvalue weighted by Crippen LogP contribution is -2.03. The highest BCUT2D eigenvalue weighted by Gasteiger charge is 2.10. The second kappa shape index (κ2) is 7.04. The fraction of sp³-hybridized carbons (Fsp3) is 0.267. The summed E-state index contributed by atoms with van der Waals surface area (Å²) >= 11 is 5.95. The zero-order valence-electron chi connectivity index (χ0n) is 11.6. The number of pyridine rings is 1. The van der Waals surface area contributed by atoms with Crippen LogP contribution in [0.4, 0.5) is 5.69 Å². The van der Waals surface area contributed by atoms with Crippen molar-refractivity contribution < 1.29 is 9.66 Å². The smallest absolute Gasteiger partial charge is 0.271 e. The van der Waals surface area contributed by atoms with Crippen LogP contribution in [-0.2, 0) is 12.8 Å². The molecule has 0 aliphatic rings. The number of hydrogen-bond acceptors (Lipinski definition) is 4. The minimum Gasteiger partial charge on any atom is -0.492 e. The molecule has 0 radical (unpaired) electrons. The number of hydrogen-bond donors (Lipinski definition) is 0. The topological polar surface area (TPSA) is 65.3 Å². The van der Waals surface area contributed by atoms with Crippen molar-refractivity contribution in [2.45, 2.75) is 19.8 Å². The fourth-order valence-electron chi connectivity index (χ4n) is 1.80. The number of non-ortho nitro benzene ring substituents is 1. The quantitative estimate of drug-likeness (QED) is 0.601. The summed E-state index contributed by atoms with van der Waals surface area (Å²) in [5.74, 6) is 0.437. The lowest BCUT2D eigenvalue weighted by Gasteiger charge is -2.07. The molecule has 0 aliphatic carbocycles. The van der Waals surface area contributed by atoms with Crippen LogP contribution in [0.1, 0.15) is 18.2 Å². The van der Waals surface area contributed by atoms with Gasteiger partial charge in [0.1, 0.15) is 5.75 Å². The molecule has 1 aromatic heterocycles. The Morgan fingerprint density at radius 1 is 1.33 bits per heavy atom. The predicted molar refractivity (Wildman–Crippen MR) is 80.9 cm³/mol. The van der Waals surface area contributed by atoms with Crippen LogP contribution in [0.2, 0.25) is 5.02 Å². The summed E-state index contributed by atoms with van der Waals surface area (Å²) in [4.78, 5) is 14.5. The molecule has 0 N–H and O–H groups in total. The number of halogens is 1. The van der Waals surface area contributed by atoms with Gasteiger partial charge in [-0.05, 0) is 24.1 Å². The summed E-state index contributed by atoms with van der Waals surface area (Å²) in [6, 6.07) is 8.18. The number of ether oxygens (including phenoxy) is 1. The van der Waals surface area contributed by atoms with E-state index in [9.17, 15) is 10.1 Å². The van der Waals surface area contributed by atoms with Gasteiger partial charge in [0.05, 0.1) is 16.6 Å². The molecule has 0 atom stereocenters. The summed E-state index contributed by atoms with van der Waals surface area (Å²) < 4.78 is 5.54. The van der Waals surface area contributed by atoms with Gasteiger partial charge in [-0.25, -0.2) is 0 Å². The highest BCUT2D eigenvalue weighted by atomic mass is 35.5. The third kappa shape index (κ3) is 4.16. The van der Waals surface area contributed by atoms with E-state index >= 15 is 0 Å². The van der Waals surface area contributed by atoms with E-state index in [0.717, 1.165) is 12.1 Å². The maximum Gasteiger partial charge on any atom is 0.271 e. The van der Waals surface area contributed by atoms with Crippen molar-refractivity contribution in [1.29, 1.82) is 0 Å². The molecular weight excluding hydrogens is 292 g/mol. The Hall–Kier alpha value is -2.14. The van der Waals surface area contributed by atoms with Crippen LogP contribution in [0, 0.1) is 10.1 Å². The number of benzene rings is 1. The van der Waals surface area contributed by atoms with Gasteiger partial charge in [-0.3, -0.25) is 15.1 Å². The van der Waals surface area contributed by atoms with E-state index in [1.54, 1.807) is 0 Å². The minimum atomic E-state index is -0.491. The average molecular weight is 307 g/mol. The lowest BCUT2D eigenvalue weighted by atomic mass is 10.2. The lowest BCUT2D eigenvalue weighted by molar-refractivity contribution is -0.384. The highest BCUT2D eigenvalue weighted by Crippen LogP contribution is 2.28. The molecule has 0 saturated carbocycles. The zero-order valence-corrected chi connectivity index (χ0v) is 12.3. The third-order valence-electron chi connectivity index (χ3n) is 3.04. The molecule has 0 spiro atoms. The van der Waals surface area contributed by atoms with E-state index in [0.29, 0.717) is 18.8 Å². The predicted octanol–water partition coefficient (Wildman–Crippen LogP) is 3.83. The third-order valence-corrected chi connectivity index (χ3v) is 3.33. The molecule has 21 heavy (non-hydrogen) atoms. The molecule has 1 heterocycles. The highest BCUT2D eigenvalue weighted by molar-refractivity contribution is 6.32. The molecule has 0 unspecified atom stereocenters. The van der Waals surface area contributed by atoms with Crippen LogP contribution in [0.15, 0.2) is 36.5 Å². The van der Waals surface area contributed by atoms with Crippen molar-refractivity contribution in [2.24, 2.45) is 0 Å². The van der Waals surface area contributed by atoms with Crippen LogP contribution >= 0.6 is 11.6 Å². The Kier molecular flexibility index (Phi) is 5.11. The van der Waals surface area contributed by atoms with Gasteiger partial charge in [0.25, 0.3) is 5.69 Å². The van der Waals surface area contributed by atoms with E-state index in [4.69, 9.17) is 16.3 Å². The Morgan fingerprint density at radius 2 is 2.14 bits per heavy atom. The van der Waals surface area contributed by atoms with Gasteiger partial charge >= 0.3 is 0 Å². The number of rotatable bonds is 6. The van der Waals surface area contributed by atoms with Gasteiger partial charge in [0, 0.05) is 30.4 Å². The first-order chi connectivity index (χ1) is 10.1. The van der Waals surface area contributed by atoms with Gasteiger partial charge in [0.2, 0.25) is 0 Å². The molecule has 0 amide bonds. The molecule has 2 aromatic rings. The number of nitro groups is 1. The molecule has 5 nitrogen and oxygen atoms in total. The van der Waals surface area contributed by atoms with Crippen LogP contribution < -0.4 is 4.74 Å². The molecule has 0 bridgehead atoms. The van der Waals surface area contributed by atoms with Crippen LogP contribution in [0.3, 0.4) is 0 Å². The average Bonchev–Trinajstić information content (AvgIpc) is 2.49. The second-order valence-corrected chi connectivity index (χ2v) is 4.89. The Bertz CT molecular complexity index is 629. The largest absolute Gasteiger partial charge is 0.492 e. The van der Waals surface area contributed by atoms with E-state index in [2.05, 4.69) is 11.9 Å². The fourth-order valence-corrected chi connectivity index (χ4v) is 2.03. The molecule has 1 aromatic carbocycles. The number of nitro benzene ring substituents is 1. The maximum absolute atomic E-state index is 10.6. The number of aryl methyl sites for hydroxylation is 1. The van der Waals surface area contributed by atoms with E-state index in [1.165, 1.54) is 23.8 Å². The summed E-state index contributed by atoms with van der Waals surface area (Å²) in [6.45, 7) is 2.49. The van der Waals surface area contributed by atoms with E-state index in [1.807, 2.05) is 18.3 Å². The van der Waals surface area contributed by atoms with Crippen LogP contribution in [-0.4, -0.2) is 16.5 Å². The van der Waals surface area contributed by atoms with Crippen molar-refractivity contribution in [3.05, 3.63) is 62.9 Å². The molecule has 0 saturated heterocycles. The van der Waals surface area contributed by atoms with Gasteiger partial charge < -0.3 is 4.74 Å². The van der Waals surface area contributed by atoms with Crippen molar-refractivity contribution in [3.63, 3.8) is 0 Å². The molecule has 0 aliphatic heterocycles. The van der Waals surface area contributed by atoms with Gasteiger partial charge in [-0.1, -0.05) is 24.6 Å². The van der Waals surface area contributed by atoms with Crippen molar-refractivity contribution in [3.8, 4) is 5.75 Å². The van der Waals surface area contributed by atoms with Gasteiger partial charge in [-0.15, -0.1) is 0 Å². The van der Waals surface area contributed by atoms with Crippen LogP contribution in [0.5, 0.6) is 5.75 Å². The maximum atomic E-state index is 10.6. The first-order valence-corrected chi connectivity index (χ1v) is 6.98. The van der Waals surface area contributed by atoms with Gasteiger partial charge in [0.15, 0.2) is 0 Å². The Labute approximate surface area is 127 Å². The zero-order chi connectivity index (χ0) is 15.2. The van der Waals surface area contributed by atoms with Crippen LogP contribution in [0.25, 0.3) is 0 Å². The van der Waals surface area contributed by atoms with Crippen molar-refractivity contribution in [1.82, 2.24) is 4.98 Å². The SMILES string of the molecule is CCc1ccc(CCOc2ccc([N+](=O)[O-])cc2Cl)nc1. The molecule has 110 valence electrons. The van der Waals surface area contributed by atoms with E-state index in [-0.39, 0.29) is 10.7 Å². The first-order valence-electron chi connectivity index (χ1n) is 6.60. The minimum absolute atomic E-state index is 0.0517. The van der Waals surface area contributed by atoms with E-state index < -0.39 is 4.92 Å². The second-order valence-electron chi connectivity index (χ2n) is 4.48. The molecule has 0 fully saturated rings. The molecular formula is C15H15ClN2O3. The van der Waals surface area contributed by atoms with Crippen molar-refractivity contribution in [2.75, 3.05) is 6.61 Å². The molecule has 6 heteroatoms. The van der Waals surface area contributed by atoms with Gasteiger partial charge in [-0.2, -0.15) is 0 Å².